The highest BCUT2D eigenvalue weighted by Crippen LogP contribution is 2.17. The summed E-state index contributed by atoms with van der Waals surface area (Å²) in [6.07, 6.45) is 4.64. The number of aromatic amines is 1. The summed E-state index contributed by atoms with van der Waals surface area (Å²) < 4.78 is 24.2. The van der Waals surface area contributed by atoms with Crippen molar-refractivity contribution in [1.29, 1.82) is 0 Å². The summed E-state index contributed by atoms with van der Waals surface area (Å²) in [7, 11) is 0. The molecule has 0 aliphatic heterocycles. The Morgan fingerprint density at radius 1 is 1.21 bits per heavy atom. The van der Waals surface area contributed by atoms with Gasteiger partial charge in [0.15, 0.2) is 0 Å². The lowest BCUT2D eigenvalue weighted by Gasteiger charge is -2.09. The smallest absolute Gasteiger partial charge is 0.258 e. The van der Waals surface area contributed by atoms with Gasteiger partial charge in [-0.2, -0.15) is 0 Å². The minimum absolute atomic E-state index is 0.0360. The normalized spacial score (nSPS) is 11.1. The number of benzene rings is 1. The molecule has 0 bridgehead atoms. The first-order valence-electron chi connectivity index (χ1n) is 8.95. The lowest BCUT2D eigenvalue weighted by atomic mass is 10.2. The molecule has 0 aliphatic carbocycles. The molecule has 4 aromatic rings. The highest BCUT2D eigenvalue weighted by molar-refractivity contribution is 5.79. The van der Waals surface area contributed by atoms with E-state index in [2.05, 4.69) is 25.3 Å². The van der Waals surface area contributed by atoms with Crippen LogP contribution in [0.15, 0.2) is 52.1 Å². The van der Waals surface area contributed by atoms with Gasteiger partial charge in [0.25, 0.3) is 5.56 Å². The molecule has 3 heterocycles. The van der Waals surface area contributed by atoms with Crippen LogP contribution in [0, 0.1) is 12.7 Å². The highest BCUT2D eigenvalue weighted by atomic mass is 19.1. The van der Waals surface area contributed by atoms with Crippen molar-refractivity contribution in [3.05, 3.63) is 82.1 Å². The van der Waals surface area contributed by atoms with E-state index in [0.717, 1.165) is 0 Å². The Labute approximate surface area is 164 Å². The SMILES string of the molecule is Cc1cc(OCc2nc3c(CNCc4ncco4)nccc3c(=O)[nH]2)ccc1F. The molecule has 2 N–H and O–H groups in total. The zero-order valence-corrected chi connectivity index (χ0v) is 15.6. The maximum atomic E-state index is 13.4. The predicted octanol–water partition coefficient (Wildman–Crippen LogP) is 2.62. The van der Waals surface area contributed by atoms with Crippen LogP contribution in [-0.4, -0.2) is 19.9 Å². The number of oxazole rings is 1. The second kappa shape index (κ2) is 8.19. The largest absolute Gasteiger partial charge is 0.486 e. The Balaban J connectivity index is 1.53. The number of fused-ring (bicyclic) bond motifs is 1. The molecule has 29 heavy (non-hydrogen) atoms. The maximum Gasteiger partial charge on any atom is 0.258 e. The molecule has 4 rings (SSSR count). The molecule has 0 amide bonds. The lowest BCUT2D eigenvalue weighted by Crippen LogP contribution is -2.18. The van der Waals surface area contributed by atoms with Gasteiger partial charge in [-0.25, -0.2) is 14.4 Å². The quantitative estimate of drug-likeness (QED) is 0.495. The zero-order valence-electron chi connectivity index (χ0n) is 15.6. The standard InChI is InChI=1S/C20H18FN5O3/c1-12-8-13(2-3-15(12)21)29-11-17-25-19-14(20(27)26-17)4-5-23-16(19)9-22-10-18-24-6-7-28-18/h2-8,22H,9-11H2,1H3,(H,25,26,27). The molecule has 0 saturated carbocycles. The van der Waals surface area contributed by atoms with E-state index in [4.69, 9.17) is 9.15 Å². The lowest BCUT2D eigenvalue weighted by molar-refractivity contribution is 0.295. The molecule has 8 nitrogen and oxygen atoms in total. The highest BCUT2D eigenvalue weighted by Gasteiger charge is 2.11. The van der Waals surface area contributed by atoms with Crippen molar-refractivity contribution in [2.75, 3.05) is 0 Å². The summed E-state index contributed by atoms with van der Waals surface area (Å²) >= 11 is 0. The Hall–Kier alpha value is -3.59. The predicted molar refractivity (Wildman–Crippen MR) is 103 cm³/mol. The first-order valence-corrected chi connectivity index (χ1v) is 8.95. The van der Waals surface area contributed by atoms with E-state index >= 15 is 0 Å². The van der Waals surface area contributed by atoms with Crippen molar-refractivity contribution < 1.29 is 13.5 Å². The topological polar surface area (TPSA) is 106 Å². The summed E-state index contributed by atoms with van der Waals surface area (Å²) in [5, 5.41) is 3.61. The van der Waals surface area contributed by atoms with Gasteiger partial charge < -0.3 is 19.5 Å². The zero-order chi connectivity index (χ0) is 20.2. The van der Waals surface area contributed by atoms with Gasteiger partial charge in [-0.1, -0.05) is 0 Å². The summed E-state index contributed by atoms with van der Waals surface area (Å²) in [4.78, 5) is 28.1. The second-order valence-corrected chi connectivity index (χ2v) is 6.40. The number of aryl methyl sites for hydroxylation is 1. The minimum atomic E-state index is -0.303. The van der Waals surface area contributed by atoms with Crippen molar-refractivity contribution in [3.63, 3.8) is 0 Å². The maximum absolute atomic E-state index is 13.4. The van der Waals surface area contributed by atoms with Gasteiger partial charge in [-0.3, -0.25) is 9.78 Å². The van der Waals surface area contributed by atoms with E-state index in [9.17, 15) is 9.18 Å². The summed E-state index contributed by atoms with van der Waals surface area (Å²) in [6.45, 7) is 2.50. The number of halogens is 1. The number of nitrogens with zero attached hydrogens (tertiary/aromatic N) is 3. The van der Waals surface area contributed by atoms with Crippen molar-refractivity contribution in [3.8, 4) is 5.75 Å². The van der Waals surface area contributed by atoms with Crippen LogP contribution in [0.4, 0.5) is 4.39 Å². The van der Waals surface area contributed by atoms with Crippen molar-refractivity contribution in [2.45, 2.75) is 26.6 Å². The molecular weight excluding hydrogens is 377 g/mol. The van der Waals surface area contributed by atoms with Gasteiger partial charge in [-0.05, 0) is 36.8 Å². The Bertz CT molecular complexity index is 1190. The number of aromatic nitrogens is 4. The third-order valence-corrected chi connectivity index (χ3v) is 4.31. The Morgan fingerprint density at radius 3 is 2.90 bits per heavy atom. The van der Waals surface area contributed by atoms with Gasteiger partial charge in [0.2, 0.25) is 5.89 Å². The molecule has 0 fully saturated rings. The molecule has 9 heteroatoms. The minimum Gasteiger partial charge on any atom is -0.486 e. The van der Waals surface area contributed by atoms with Crippen molar-refractivity contribution in [1.82, 2.24) is 25.3 Å². The molecule has 0 radical (unpaired) electrons. The number of hydrogen-bond acceptors (Lipinski definition) is 7. The molecule has 0 spiro atoms. The summed E-state index contributed by atoms with van der Waals surface area (Å²) in [5.41, 5.74) is 1.32. The third-order valence-electron chi connectivity index (χ3n) is 4.31. The van der Waals surface area contributed by atoms with Crippen LogP contribution in [0.5, 0.6) is 5.75 Å². The van der Waals surface area contributed by atoms with Crippen LogP contribution in [-0.2, 0) is 19.7 Å². The number of nitrogens with one attached hydrogen (secondary N) is 2. The molecule has 0 unspecified atom stereocenters. The van der Waals surface area contributed by atoms with E-state index in [1.165, 1.54) is 18.4 Å². The average molecular weight is 395 g/mol. The first-order chi connectivity index (χ1) is 14.1. The van der Waals surface area contributed by atoms with E-state index in [1.807, 2.05) is 0 Å². The number of H-pyrrole nitrogens is 1. The fourth-order valence-electron chi connectivity index (χ4n) is 2.85. The molecule has 0 aliphatic rings. The van der Waals surface area contributed by atoms with Crippen LogP contribution in [0.3, 0.4) is 0 Å². The Kier molecular flexibility index (Phi) is 5.30. The van der Waals surface area contributed by atoms with Crippen LogP contribution in [0.25, 0.3) is 10.9 Å². The molecular formula is C20H18FN5O3. The second-order valence-electron chi connectivity index (χ2n) is 6.40. The summed E-state index contributed by atoms with van der Waals surface area (Å²) in [5.74, 6) is 1.10. The van der Waals surface area contributed by atoms with E-state index < -0.39 is 0 Å². The van der Waals surface area contributed by atoms with Gasteiger partial charge >= 0.3 is 0 Å². The monoisotopic (exact) mass is 395 g/mol. The molecule has 0 atom stereocenters. The average Bonchev–Trinajstić information content (AvgIpc) is 3.23. The van der Waals surface area contributed by atoms with Gasteiger partial charge in [0.05, 0.1) is 23.8 Å². The third kappa shape index (κ3) is 4.30. The van der Waals surface area contributed by atoms with Gasteiger partial charge in [0.1, 0.15) is 35.8 Å². The fraction of sp³-hybridized carbons (Fsp3) is 0.200. The van der Waals surface area contributed by atoms with Crippen LogP contribution in [0.2, 0.25) is 0 Å². The first kappa shape index (κ1) is 18.8. The Morgan fingerprint density at radius 2 is 2.10 bits per heavy atom. The van der Waals surface area contributed by atoms with Crippen LogP contribution < -0.4 is 15.6 Å². The van der Waals surface area contributed by atoms with E-state index in [0.29, 0.717) is 52.7 Å². The van der Waals surface area contributed by atoms with Gasteiger partial charge in [0, 0.05) is 12.7 Å². The van der Waals surface area contributed by atoms with E-state index in [-0.39, 0.29) is 18.0 Å². The molecule has 1 aromatic carbocycles. The fourth-order valence-corrected chi connectivity index (χ4v) is 2.85. The van der Waals surface area contributed by atoms with Crippen LogP contribution >= 0.6 is 0 Å². The van der Waals surface area contributed by atoms with Crippen LogP contribution in [0.1, 0.15) is 23.0 Å². The number of ether oxygens (including phenoxy) is 1. The van der Waals surface area contributed by atoms with Crippen molar-refractivity contribution in [2.24, 2.45) is 0 Å². The van der Waals surface area contributed by atoms with Crippen molar-refractivity contribution >= 4 is 10.9 Å². The molecule has 3 aromatic heterocycles. The summed E-state index contributed by atoms with van der Waals surface area (Å²) in [6, 6.07) is 6.07. The number of hydrogen-bond donors (Lipinski definition) is 2. The molecule has 148 valence electrons. The van der Waals surface area contributed by atoms with E-state index in [1.54, 1.807) is 31.5 Å². The number of rotatable bonds is 7. The van der Waals surface area contributed by atoms with Gasteiger partial charge in [-0.15, -0.1) is 0 Å². The number of pyridine rings is 1. The molecule has 0 saturated heterocycles.